The first-order valence-electron chi connectivity index (χ1n) is 6.24. The van der Waals surface area contributed by atoms with Crippen LogP contribution in [0.1, 0.15) is 24.1 Å². The maximum atomic E-state index is 8.82. The van der Waals surface area contributed by atoms with Crippen molar-refractivity contribution < 1.29 is 4.74 Å². The van der Waals surface area contributed by atoms with E-state index in [1.165, 1.54) is 0 Å². The van der Waals surface area contributed by atoms with Crippen LogP contribution in [0.3, 0.4) is 0 Å². The number of hydrogen-bond donors (Lipinski definition) is 1. The Bertz CT molecular complexity index is 632. The predicted octanol–water partition coefficient (Wildman–Crippen LogP) is 4.39. The number of hydrogen-bond acceptors (Lipinski definition) is 3. The molecule has 3 nitrogen and oxygen atoms in total. The van der Waals surface area contributed by atoms with Crippen molar-refractivity contribution in [3.63, 3.8) is 0 Å². The highest BCUT2D eigenvalue weighted by Crippen LogP contribution is 2.27. The first-order chi connectivity index (χ1) is 9.63. The molecule has 0 aliphatic heterocycles. The van der Waals surface area contributed by atoms with Crippen LogP contribution in [0, 0.1) is 11.3 Å². The third kappa shape index (κ3) is 3.23. The van der Waals surface area contributed by atoms with Gasteiger partial charge >= 0.3 is 0 Å². The van der Waals surface area contributed by atoms with Gasteiger partial charge in [0.1, 0.15) is 5.75 Å². The molecule has 102 valence electrons. The van der Waals surface area contributed by atoms with Crippen molar-refractivity contribution in [3.8, 4) is 11.8 Å². The van der Waals surface area contributed by atoms with Gasteiger partial charge in [-0.1, -0.05) is 23.7 Å². The van der Waals surface area contributed by atoms with Crippen molar-refractivity contribution in [2.45, 2.75) is 13.0 Å². The van der Waals surface area contributed by atoms with Crippen molar-refractivity contribution in [1.29, 1.82) is 5.26 Å². The fourth-order valence-corrected chi connectivity index (χ4v) is 2.15. The number of halogens is 1. The second kappa shape index (κ2) is 6.31. The van der Waals surface area contributed by atoms with Gasteiger partial charge in [0.05, 0.1) is 29.5 Å². The molecule has 0 amide bonds. The van der Waals surface area contributed by atoms with Gasteiger partial charge in [0.2, 0.25) is 0 Å². The van der Waals surface area contributed by atoms with Gasteiger partial charge in [0.15, 0.2) is 0 Å². The smallest absolute Gasteiger partial charge is 0.118 e. The van der Waals surface area contributed by atoms with Crippen LogP contribution in [-0.2, 0) is 0 Å². The third-order valence-electron chi connectivity index (χ3n) is 3.09. The van der Waals surface area contributed by atoms with Crippen molar-refractivity contribution in [1.82, 2.24) is 0 Å². The summed E-state index contributed by atoms with van der Waals surface area (Å²) in [5, 5.41) is 12.7. The molecule has 0 spiro atoms. The summed E-state index contributed by atoms with van der Waals surface area (Å²) in [7, 11) is 1.65. The summed E-state index contributed by atoms with van der Waals surface area (Å²) in [5.41, 5.74) is 2.50. The molecule has 1 N–H and O–H groups in total. The van der Waals surface area contributed by atoms with Crippen molar-refractivity contribution in [3.05, 3.63) is 58.6 Å². The third-order valence-corrected chi connectivity index (χ3v) is 3.40. The normalized spacial score (nSPS) is 11.5. The van der Waals surface area contributed by atoms with E-state index in [0.29, 0.717) is 10.6 Å². The zero-order valence-corrected chi connectivity index (χ0v) is 12.1. The lowest BCUT2D eigenvalue weighted by Crippen LogP contribution is -2.07. The molecule has 0 heterocycles. The molecule has 0 radical (unpaired) electrons. The van der Waals surface area contributed by atoms with E-state index in [1.54, 1.807) is 19.2 Å². The van der Waals surface area contributed by atoms with E-state index in [9.17, 15) is 0 Å². The molecule has 0 bridgehead atoms. The standard InChI is InChI=1S/C16H15ClN2O/c1-11(13-4-6-14(20-2)7-5-13)19-16-8-3-12(10-18)9-15(16)17/h3-9,11,19H,1-2H3. The number of methoxy groups -OCH3 is 1. The zero-order chi connectivity index (χ0) is 14.5. The topological polar surface area (TPSA) is 45.0 Å². The van der Waals surface area contributed by atoms with Gasteiger partial charge in [-0.2, -0.15) is 5.26 Å². The lowest BCUT2D eigenvalue weighted by molar-refractivity contribution is 0.414. The molecule has 1 atom stereocenters. The average molecular weight is 287 g/mol. The fourth-order valence-electron chi connectivity index (χ4n) is 1.91. The maximum absolute atomic E-state index is 8.82. The molecule has 0 fully saturated rings. The maximum Gasteiger partial charge on any atom is 0.118 e. The molecule has 0 aliphatic carbocycles. The molecule has 4 heteroatoms. The summed E-state index contributed by atoms with van der Waals surface area (Å²) >= 11 is 6.15. The molecule has 2 aromatic rings. The molecular formula is C16H15ClN2O. The van der Waals surface area contributed by atoms with Gasteiger partial charge in [-0.05, 0) is 42.8 Å². The predicted molar refractivity (Wildman–Crippen MR) is 81.2 cm³/mol. The van der Waals surface area contributed by atoms with E-state index < -0.39 is 0 Å². The van der Waals surface area contributed by atoms with Gasteiger partial charge in [-0.15, -0.1) is 0 Å². The fraction of sp³-hybridized carbons (Fsp3) is 0.188. The highest BCUT2D eigenvalue weighted by molar-refractivity contribution is 6.33. The number of ether oxygens (including phenoxy) is 1. The largest absolute Gasteiger partial charge is 0.497 e. The average Bonchev–Trinajstić information content (AvgIpc) is 2.49. The van der Waals surface area contributed by atoms with Crippen LogP contribution in [0.4, 0.5) is 5.69 Å². The Labute approximate surface area is 123 Å². The minimum Gasteiger partial charge on any atom is -0.497 e. The molecule has 2 rings (SSSR count). The van der Waals surface area contributed by atoms with Gasteiger partial charge in [0.25, 0.3) is 0 Å². The van der Waals surface area contributed by atoms with Gasteiger partial charge in [-0.25, -0.2) is 0 Å². The number of benzene rings is 2. The summed E-state index contributed by atoms with van der Waals surface area (Å²) in [6.45, 7) is 2.05. The van der Waals surface area contributed by atoms with Crippen molar-refractivity contribution in [2.24, 2.45) is 0 Å². The molecular weight excluding hydrogens is 272 g/mol. The highest BCUT2D eigenvalue weighted by Gasteiger charge is 2.08. The zero-order valence-electron chi connectivity index (χ0n) is 11.4. The van der Waals surface area contributed by atoms with Crippen LogP contribution in [0.5, 0.6) is 5.75 Å². The van der Waals surface area contributed by atoms with Gasteiger partial charge < -0.3 is 10.1 Å². The molecule has 0 saturated heterocycles. The van der Waals surface area contributed by atoms with Crippen LogP contribution in [0.15, 0.2) is 42.5 Å². The minimum atomic E-state index is 0.103. The molecule has 2 aromatic carbocycles. The molecule has 0 aromatic heterocycles. The number of nitrogens with one attached hydrogen (secondary N) is 1. The van der Waals surface area contributed by atoms with Crippen molar-refractivity contribution >= 4 is 17.3 Å². The van der Waals surface area contributed by atoms with E-state index in [0.717, 1.165) is 17.0 Å². The summed E-state index contributed by atoms with van der Waals surface area (Å²) in [5.74, 6) is 0.831. The van der Waals surface area contributed by atoms with Crippen LogP contribution in [0.2, 0.25) is 5.02 Å². The van der Waals surface area contributed by atoms with Crippen LogP contribution in [0.25, 0.3) is 0 Å². The van der Waals surface area contributed by atoms with E-state index in [2.05, 4.69) is 18.3 Å². The van der Waals surface area contributed by atoms with E-state index in [-0.39, 0.29) is 6.04 Å². The Morgan fingerprint density at radius 3 is 2.45 bits per heavy atom. The van der Waals surface area contributed by atoms with E-state index >= 15 is 0 Å². The van der Waals surface area contributed by atoms with E-state index in [1.807, 2.05) is 30.3 Å². The monoisotopic (exact) mass is 286 g/mol. The SMILES string of the molecule is COc1ccc(C(C)Nc2ccc(C#N)cc2Cl)cc1. The number of nitrogens with zero attached hydrogens (tertiary/aromatic N) is 1. The highest BCUT2D eigenvalue weighted by atomic mass is 35.5. The Balaban J connectivity index is 2.14. The minimum absolute atomic E-state index is 0.103. The van der Waals surface area contributed by atoms with E-state index in [4.69, 9.17) is 21.6 Å². The quantitative estimate of drug-likeness (QED) is 0.906. The summed E-state index contributed by atoms with van der Waals surface area (Å²) in [6, 6.07) is 15.3. The van der Waals surface area contributed by atoms with Crippen LogP contribution < -0.4 is 10.1 Å². The molecule has 0 saturated carbocycles. The molecule has 20 heavy (non-hydrogen) atoms. The summed E-state index contributed by atoms with van der Waals surface area (Å²) < 4.78 is 5.14. The number of anilines is 1. The lowest BCUT2D eigenvalue weighted by atomic mass is 10.1. The molecule has 1 unspecified atom stereocenters. The summed E-state index contributed by atoms with van der Waals surface area (Å²) in [6.07, 6.45) is 0. The second-order valence-corrected chi connectivity index (χ2v) is 4.85. The Kier molecular flexibility index (Phi) is 4.49. The first-order valence-corrected chi connectivity index (χ1v) is 6.62. The number of nitriles is 1. The van der Waals surface area contributed by atoms with Gasteiger partial charge in [-0.3, -0.25) is 0 Å². The molecule has 0 aliphatic rings. The second-order valence-electron chi connectivity index (χ2n) is 4.45. The number of rotatable bonds is 4. The summed E-state index contributed by atoms with van der Waals surface area (Å²) in [4.78, 5) is 0. The van der Waals surface area contributed by atoms with Gasteiger partial charge in [0, 0.05) is 6.04 Å². The Morgan fingerprint density at radius 2 is 1.90 bits per heavy atom. The van der Waals surface area contributed by atoms with Crippen LogP contribution >= 0.6 is 11.6 Å². The Morgan fingerprint density at radius 1 is 1.20 bits per heavy atom. The van der Waals surface area contributed by atoms with Crippen molar-refractivity contribution in [2.75, 3.05) is 12.4 Å². The first kappa shape index (κ1) is 14.2. The van der Waals surface area contributed by atoms with Crippen LogP contribution in [-0.4, -0.2) is 7.11 Å². The Hall–Kier alpha value is -2.18. The lowest BCUT2D eigenvalue weighted by Gasteiger charge is -2.17.